The van der Waals surface area contributed by atoms with Gasteiger partial charge in [-0.2, -0.15) is 0 Å². The average Bonchev–Trinajstić information content (AvgIpc) is 3.78. The number of Topliss-reactive ketones (excluding diaryl/α,β-unsaturated/α-hetero) is 2. The van der Waals surface area contributed by atoms with Gasteiger partial charge in [0.25, 0.3) is 0 Å². The van der Waals surface area contributed by atoms with Crippen molar-refractivity contribution in [1.29, 1.82) is 0 Å². The second-order valence-electron chi connectivity index (χ2n) is 22.1. The van der Waals surface area contributed by atoms with Crippen LogP contribution in [0, 0.1) is 98.6 Å². The molecule has 63 heavy (non-hydrogen) atoms. The largest absolute Gasteiger partial charge is 0.469 e. The van der Waals surface area contributed by atoms with Gasteiger partial charge in [-0.05, 0) is 178 Å². The first-order valence-corrected chi connectivity index (χ1v) is 24.1. The van der Waals surface area contributed by atoms with E-state index in [0.29, 0.717) is 53.0 Å². The quantitative estimate of drug-likeness (QED) is 0.181. The summed E-state index contributed by atoms with van der Waals surface area (Å²) in [5.74, 6) is 3.44. The maximum atomic E-state index is 13.9. The standard InChI is InChI=1S/C25H40O4.C25H38O4.CH4O.3CH4/c2*1-6-16-20-13-15(26)9-11-25(20,4)19-10-12-24(3)17(14(2)23(28)29-5)7-8-18(24)21(19)22(16)27;1-2;;;/h14-21,26H,6-13H2,1-5H3;6,14-15,17-21,26H,7-13H2,1-5H3;2H,1H3;3*1H4/b;16-6+;;;;/t14-,15+,16-,17+,18-,19-,20-,21-,24+,25+;14-,15+,17+,18-,19-,20-,21-,24+,25+;;;;/m00..../s1. The van der Waals surface area contributed by atoms with Crippen molar-refractivity contribution in [2.24, 2.45) is 98.6 Å². The van der Waals surface area contributed by atoms with Crippen molar-refractivity contribution in [2.75, 3.05) is 21.3 Å². The Morgan fingerprint density at radius 1 is 0.635 bits per heavy atom. The highest BCUT2D eigenvalue weighted by Gasteiger charge is 2.67. The van der Waals surface area contributed by atoms with Gasteiger partial charge in [0.15, 0.2) is 5.78 Å². The third-order valence-corrected chi connectivity index (χ3v) is 20.3. The molecule has 0 aromatic carbocycles. The Bertz CT molecular complexity index is 1640. The van der Waals surface area contributed by atoms with Crippen LogP contribution in [-0.2, 0) is 28.7 Å². The van der Waals surface area contributed by atoms with E-state index in [4.69, 9.17) is 14.6 Å². The van der Waals surface area contributed by atoms with E-state index in [2.05, 4.69) is 34.6 Å². The van der Waals surface area contributed by atoms with Gasteiger partial charge < -0.3 is 24.8 Å². The molecule has 0 amide bonds. The summed E-state index contributed by atoms with van der Waals surface area (Å²) >= 11 is 0. The molecule has 0 aromatic heterocycles. The maximum absolute atomic E-state index is 13.9. The highest BCUT2D eigenvalue weighted by molar-refractivity contribution is 5.99. The molecule has 0 bridgehead atoms. The normalized spacial score (nSPS) is 45.9. The Morgan fingerprint density at radius 2 is 1.05 bits per heavy atom. The lowest BCUT2D eigenvalue weighted by Gasteiger charge is -2.62. The van der Waals surface area contributed by atoms with Gasteiger partial charge in [-0.25, -0.2) is 0 Å². The predicted molar refractivity (Wildman–Crippen MR) is 252 cm³/mol. The van der Waals surface area contributed by atoms with E-state index in [-0.39, 0.29) is 104 Å². The van der Waals surface area contributed by atoms with E-state index >= 15 is 0 Å². The van der Waals surface area contributed by atoms with E-state index in [9.17, 15) is 29.4 Å². The van der Waals surface area contributed by atoms with Gasteiger partial charge in [0, 0.05) is 24.9 Å². The van der Waals surface area contributed by atoms with Crippen molar-refractivity contribution in [3.05, 3.63) is 11.6 Å². The molecule has 364 valence electrons. The molecular weight excluding hydrogens is 793 g/mol. The molecule has 9 heteroatoms. The van der Waals surface area contributed by atoms with Gasteiger partial charge in [0.2, 0.25) is 0 Å². The second-order valence-corrected chi connectivity index (χ2v) is 22.1. The molecule has 8 aliphatic carbocycles. The summed E-state index contributed by atoms with van der Waals surface area (Å²) in [4.78, 5) is 52.3. The summed E-state index contributed by atoms with van der Waals surface area (Å²) in [7, 11) is 3.96. The molecule has 0 saturated heterocycles. The molecule has 9 nitrogen and oxygen atoms in total. The van der Waals surface area contributed by atoms with Crippen LogP contribution in [0.5, 0.6) is 0 Å². The lowest BCUT2D eigenvalue weighted by molar-refractivity contribution is -0.174. The van der Waals surface area contributed by atoms with Crippen molar-refractivity contribution in [1.82, 2.24) is 0 Å². The number of hydrogen-bond donors (Lipinski definition) is 3. The monoisotopic (exact) mass is 887 g/mol. The minimum Gasteiger partial charge on any atom is -0.469 e. The number of hydrogen-bond acceptors (Lipinski definition) is 9. The number of ketones is 2. The van der Waals surface area contributed by atoms with Crippen LogP contribution in [0.1, 0.15) is 174 Å². The van der Waals surface area contributed by atoms with E-state index in [0.717, 1.165) is 109 Å². The Labute approximate surface area is 384 Å². The molecule has 8 rings (SSSR count). The molecule has 0 aliphatic heterocycles. The first kappa shape index (κ1) is 55.2. The van der Waals surface area contributed by atoms with E-state index in [1.54, 1.807) is 0 Å². The number of ether oxygens (including phenoxy) is 2. The lowest BCUT2D eigenvalue weighted by atomic mass is 9.42. The molecule has 0 spiro atoms. The highest BCUT2D eigenvalue weighted by atomic mass is 16.5. The summed E-state index contributed by atoms with van der Waals surface area (Å²) in [6.45, 7) is 17.7. The molecule has 19 atom stereocenters. The van der Waals surface area contributed by atoms with Crippen LogP contribution >= 0.6 is 0 Å². The van der Waals surface area contributed by atoms with Crippen molar-refractivity contribution < 1.29 is 44.0 Å². The average molecular weight is 887 g/mol. The fourth-order valence-electron chi connectivity index (χ4n) is 17.2. The third-order valence-electron chi connectivity index (χ3n) is 20.3. The van der Waals surface area contributed by atoms with E-state index < -0.39 is 0 Å². The van der Waals surface area contributed by atoms with E-state index in [1.807, 2.05) is 26.8 Å². The van der Waals surface area contributed by atoms with Gasteiger partial charge in [0.05, 0.1) is 38.3 Å². The van der Waals surface area contributed by atoms with Crippen molar-refractivity contribution in [3.8, 4) is 0 Å². The predicted octanol–water partition coefficient (Wildman–Crippen LogP) is 10.7. The summed E-state index contributed by atoms with van der Waals surface area (Å²) in [6.07, 6.45) is 16.2. The number of carbonyl (C=O) groups excluding carboxylic acids is 4. The lowest BCUT2D eigenvalue weighted by Crippen LogP contribution is -2.60. The number of rotatable bonds is 5. The molecule has 0 aromatic rings. The Kier molecular flexibility index (Phi) is 18.3. The zero-order valence-electron chi connectivity index (χ0n) is 39.1. The van der Waals surface area contributed by atoms with Gasteiger partial charge >= 0.3 is 11.9 Å². The van der Waals surface area contributed by atoms with Crippen LogP contribution in [0.2, 0.25) is 0 Å². The van der Waals surface area contributed by atoms with Crippen LogP contribution in [0.25, 0.3) is 0 Å². The summed E-state index contributed by atoms with van der Waals surface area (Å²) in [6, 6.07) is 0. The minimum absolute atomic E-state index is 0. The highest BCUT2D eigenvalue weighted by Crippen LogP contribution is 2.70. The Balaban J connectivity index is 0.000000309. The van der Waals surface area contributed by atoms with Crippen molar-refractivity contribution in [2.45, 2.75) is 186 Å². The molecule has 0 unspecified atom stereocenters. The molecule has 8 aliphatic rings. The Hall–Kier alpha value is -2.10. The molecule has 8 saturated carbocycles. The fourth-order valence-corrected chi connectivity index (χ4v) is 17.2. The SMILES string of the molecule is C.C.C.C/C=C1/C(=O)[C@@H]2[C@H](CC[C@]3(C)[C@@H]([C@H](C)C(=O)OC)CC[C@@H]23)[C@@]2(C)CC[C@@H](O)C[C@@H]12.CC[C@@H]1C(=O)[C@@H]2[C@H](CC[C@]3(C)[C@@H]([C@H](C)C(=O)OC)CC[C@@H]23)[C@@]2(C)CC[C@@H](O)C[C@@H]12.CO. The smallest absolute Gasteiger partial charge is 0.308 e. The van der Waals surface area contributed by atoms with Crippen LogP contribution in [0.4, 0.5) is 0 Å². The zero-order valence-corrected chi connectivity index (χ0v) is 39.1. The molecule has 3 N–H and O–H groups in total. The Morgan fingerprint density at radius 3 is 1.51 bits per heavy atom. The second kappa shape index (κ2) is 20.8. The third kappa shape index (κ3) is 8.70. The molecule has 8 fully saturated rings. The van der Waals surface area contributed by atoms with Gasteiger partial charge in [0.1, 0.15) is 5.78 Å². The molecule has 0 radical (unpaired) electrons. The number of methoxy groups -OCH3 is 2. The topological polar surface area (TPSA) is 147 Å². The van der Waals surface area contributed by atoms with Crippen LogP contribution in [0.3, 0.4) is 0 Å². The number of allylic oxidation sites excluding steroid dienone is 2. The maximum Gasteiger partial charge on any atom is 0.308 e. The number of carbonyl (C=O) groups is 4. The fraction of sp³-hybridized carbons (Fsp3) is 0.889. The van der Waals surface area contributed by atoms with Crippen LogP contribution < -0.4 is 0 Å². The summed E-state index contributed by atoms with van der Waals surface area (Å²) in [5, 5.41) is 27.7. The minimum atomic E-state index is -0.280. The first-order valence-electron chi connectivity index (χ1n) is 24.1. The number of fused-ring (bicyclic) bond motifs is 10. The summed E-state index contributed by atoms with van der Waals surface area (Å²) in [5.41, 5.74) is 1.33. The van der Waals surface area contributed by atoms with Gasteiger partial charge in [-0.3, -0.25) is 19.2 Å². The van der Waals surface area contributed by atoms with Crippen molar-refractivity contribution >= 4 is 23.5 Å². The number of aliphatic hydroxyl groups is 3. The number of aliphatic hydroxyl groups excluding tert-OH is 3. The molecule has 0 heterocycles. The molecular formula is C54H94O9. The summed E-state index contributed by atoms with van der Waals surface area (Å²) < 4.78 is 10.1. The van der Waals surface area contributed by atoms with E-state index in [1.165, 1.54) is 14.2 Å². The van der Waals surface area contributed by atoms with Crippen LogP contribution in [-0.4, -0.2) is 72.4 Å². The zero-order chi connectivity index (χ0) is 44.3. The first-order chi connectivity index (χ1) is 28.4. The van der Waals surface area contributed by atoms with Crippen molar-refractivity contribution in [3.63, 3.8) is 0 Å². The van der Waals surface area contributed by atoms with Crippen LogP contribution in [0.15, 0.2) is 11.6 Å². The van der Waals surface area contributed by atoms with Gasteiger partial charge in [-0.15, -0.1) is 0 Å². The number of esters is 2. The van der Waals surface area contributed by atoms with Gasteiger partial charge in [-0.1, -0.05) is 76.8 Å².